The molecular formula is C15H23N5S. The van der Waals surface area contributed by atoms with E-state index in [1.54, 1.807) is 11.3 Å². The van der Waals surface area contributed by atoms with Gasteiger partial charge in [-0.3, -0.25) is 0 Å². The Balaban J connectivity index is 2.20. The molecule has 0 saturated carbocycles. The van der Waals surface area contributed by atoms with Crippen LogP contribution in [0.25, 0.3) is 0 Å². The summed E-state index contributed by atoms with van der Waals surface area (Å²) in [5.41, 5.74) is 0. The number of hydrogen-bond acceptors (Lipinski definition) is 6. The van der Waals surface area contributed by atoms with Gasteiger partial charge in [-0.2, -0.15) is 0 Å². The number of aromatic nitrogens is 3. The molecule has 1 atom stereocenters. The van der Waals surface area contributed by atoms with Gasteiger partial charge in [0.2, 0.25) is 0 Å². The van der Waals surface area contributed by atoms with Crippen molar-refractivity contribution in [1.29, 1.82) is 0 Å². The molecule has 0 fully saturated rings. The summed E-state index contributed by atoms with van der Waals surface area (Å²) >= 11 is 1.67. The first-order valence-electron chi connectivity index (χ1n) is 7.54. The lowest BCUT2D eigenvalue weighted by Crippen LogP contribution is -2.13. The lowest BCUT2D eigenvalue weighted by atomic mass is 10.2. The van der Waals surface area contributed by atoms with Gasteiger partial charge in [-0.05, 0) is 19.8 Å². The smallest absolute Gasteiger partial charge is 0.133 e. The number of thiazole rings is 1. The van der Waals surface area contributed by atoms with Crippen molar-refractivity contribution in [3.63, 3.8) is 0 Å². The van der Waals surface area contributed by atoms with Gasteiger partial charge in [-0.15, -0.1) is 11.3 Å². The molecule has 114 valence electrons. The maximum absolute atomic E-state index is 4.62. The lowest BCUT2D eigenvalue weighted by molar-refractivity contribution is 0.732. The molecule has 0 spiro atoms. The Kier molecular flexibility index (Phi) is 5.92. The average Bonchev–Trinajstić information content (AvgIpc) is 2.99. The zero-order chi connectivity index (χ0) is 15.1. The molecule has 0 aliphatic carbocycles. The first-order valence-corrected chi connectivity index (χ1v) is 8.42. The Bertz CT molecular complexity index is 517. The molecule has 0 radical (unpaired) electrons. The standard InChI is InChI=1S/C15H23N5S/c1-4-7-12-19-13(16-6-3)10-14(20-12)18-11(5-2)15-17-8-9-21-15/h8-11H,4-7H2,1-3H3,(H2,16,18,19,20). The van der Waals surface area contributed by atoms with Crippen molar-refractivity contribution in [3.05, 3.63) is 28.5 Å². The summed E-state index contributed by atoms with van der Waals surface area (Å²) in [5.74, 6) is 2.63. The van der Waals surface area contributed by atoms with Crippen molar-refractivity contribution in [2.75, 3.05) is 17.2 Å². The monoisotopic (exact) mass is 305 g/mol. The third-order valence-electron chi connectivity index (χ3n) is 3.08. The molecule has 0 amide bonds. The number of nitrogens with zero attached hydrogens (tertiary/aromatic N) is 3. The Hall–Kier alpha value is -1.69. The van der Waals surface area contributed by atoms with Gasteiger partial charge in [-0.25, -0.2) is 15.0 Å². The first kappa shape index (κ1) is 15.7. The highest BCUT2D eigenvalue weighted by molar-refractivity contribution is 7.09. The SMILES string of the molecule is CCCc1nc(NCC)cc(NC(CC)c2nccs2)n1. The fraction of sp³-hybridized carbons (Fsp3) is 0.533. The molecular weight excluding hydrogens is 282 g/mol. The van der Waals surface area contributed by atoms with E-state index in [9.17, 15) is 0 Å². The van der Waals surface area contributed by atoms with E-state index in [0.717, 1.165) is 48.3 Å². The van der Waals surface area contributed by atoms with E-state index >= 15 is 0 Å². The van der Waals surface area contributed by atoms with E-state index in [0.29, 0.717) is 0 Å². The fourth-order valence-corrected chi connectivity index (χ4v) is 2.87. The Morgan fingerprint density at radius 2 is 2.00 bits per heavy atom. The number of nitrogens with one attached hydrogen (secondary N) is 2. The van der Waals surface area contributed by atoms with Crippen LogP contribution in [-0.2, 0) is 6.42 Å². The Morgan fingerprint density at radius 1 is 1.19 bits per heavy atom. The van der Waals surface area contributed by atoms with Gasteiger partial charge in [0, 0.05) is 30.6 Å². The van der Waals surface area contributed by atoms with Crippen molar-refractivity contribution >= 4 is 23.0 Å². The molecule has 0 aliphatic heterocycles. The van der Waals surface area contributed by atoms with Crippen molar-refractivity contribution in [2.24, 2.45) is 0 Å². The molecule has 2 aromatic heterocycles. The summed E-state index contributed by atoms with van der Waals surface area (Å²) in [5, 5.41) is 9.86. The minimum Gasteiger partial charge on any atom is -0.370 e. The molecule has 0 aromatic carbocycles. The van der Waals surface area contributed by atoms with Crippen LogP contribution in [-0.4, -0.2) is 21.5 Å². The zero-order valence-electron chi connectivity index (χ0n) is 12.9. The fourth-order valence-electron chi connectivity index (χ4n) is 2.10. The summed E-state index contributed by atoms with van der Waals surface area (Å²) in [4.78, 5) is 13.5. The summed E-state index contributed by atoms with van der Waals surface area (Å²) in [7, 11) is 0. The third-order valence-corrected chi connectivity index (χ3v) is 3.97. The van der Waals surface area contributed by atoms with Gasteiger partial charge in [0.25, 0.3) is 0 Å². The van der Waals surface area contributed by atoms with Crippen LogP contribution in [0.2, 0.25) is 0 Å². The van der Waals surface area contributed by atoms with Crippen LogP contribution < -0.4 is 10.6 Å². The van der Waals surface area contributed by atoms with Crippen LogP contribution in [0.3, 0.4) is 0 Å². The number of rotatable bonds is 8. The van der Waals surface area contributed by atoms with E-state index in [4.69, 9.17) is 0 Å². The van der Waals surface area contributed by atoms with Crippen molar-refractivity contribution < 1.29 is 0 Å². The molecule has 2 aromatic rings. The van der Waals surface area contributed by atoms with E-state index < -0.39 is 0 Å². The minimum absolute atomic E-state index is 0.198. The molecule has 0 saturated heterocycles. The highest BCUT2D eigenvalue weighted by Crippen LogP contribution is 2.24. The number of anilines is 2. The molecule has 2 N–H and O–H groups in total. The van der Waals surface area contributed by atoms with Crippen LogP contribution >= 0.6 is 11.3 Å². The second kappa shape index (κ2) is 7.93. The molecule has 2 rings (SSSR count). The maximum atomic E-state index is 4.62. The van der Waals surface area contributed by atoms with Crippen LogP contribution in [0.1, 0.15) is 50.5 Å². The first-order chi connectivity index (χ1) is 10.3. The molecule has 0 aliphatic rings. The quantitative estimate of drug-likeness (QED) is 0.775. The number of aryl methyl sites for hydroxylation is 1. The summed E-state index contributed by atoms with van der Waals surface area (Å²) < 4.78 is 0. The Morgan fingerprint density at radius 3 is 2.62 bits per heavy atom. The van der Waals surface area contributed by atoms with E-state index in [-0.39, 0.29) is 6.04 Å². The van der Waals surface area contributed by atoms with Crippen LogP contribution in [0.15, 0.2) is 17.6 Å². The second-order valence-corrected chi connectivity index (χ2v) is 5.74. The topological polar surface area (TPSA) is 62.7 Å². The molecule has 6 heteroatoms. The van der Waals surface area contributed by atoms with Gasteiger partial charge in [-0.1, -0.05) is 13.8 Å². The van der Waals surface area contributed by atoms with E-state index in [1.807, 2.05) is 17.6 Å². The van der Waals surface area contributed by atoms with Gasteiger partial charge in [0.15, 0.2) is 0 Å². The van der Waals surface area contributed by atoms with Gasteiger partial charge >= 0.3 is 0 Å². The molecule has 2 heterocycles. The lowest BCUT2D eigenvalue weighted by Gasteiger charge is -2.16. The summed E-state index contributed by atoms with van der Waals surface area (Å²) in [6, 6.07) is 2.17. The van der Waals surface area contributed by atoms with Crippen molar-refractivity contribution in [1.82, 2.24) is 15.0 Å². The predicted molar refractivity (Wildman–Crippen MR) is 89.0 cm³/mol. The van der Waals surface area contributed by atoms with E-state index in [2.05, 4.69) is 46.4 Å². The molecule has 0 bridgehead atoms. The third kappa shape index (κ3) is 4.39. The summed E-state index contributed by atoms with van der Waals surface area (Å²) in [6.45, 7) is 7.21. The van der Waals surface area contributed by atoms with Gasteiger partial charge in [0.1, 0.15) is 22.5 Å². The average molecular weight is 305 g/mol. The normalized spacial score (nSPS) is 12.1. The van der Waals surface area contributed by atoms with Crippen LogP contribution in [0.5, 0.6) is 0 Å². The second-order valence-electron chi connectivity index (χ2n) is 4.81. The van der Waals surface area contributed by atoms with Crippen LogP contribution in [0, 0.1) is 0 Å². The maximum Gasteiger partial charge on any atom is 0.133 e. The van der Waals surface area contributed by atoms with Crippen molar-refractivity contribution in [3.8, 4) is 0 Å². The highest BCUT2D eigenvalue weighted by Gasteiger charge is 2.13. The predicted octanol–water partition coefficient (Wildman–Crippen LogP) is 3.88. The molecule has 5 nitrogen and oxygen atoms in total. The Labute approximate surface area is 130 Å². The number of hydrogen-bond donors (Lipinski definition) is 2. The molecule has 1 unspecified atom stereocenters. The minimum atomic E-state index is 0.198. The molecule has 21 heavy (non-hydrogen) atoms. The summed E-state index contributed by atoms with van der Waals surface area (Å²) in [6.07, 6.45) is 4.74. The zero-order valence-corrected chi connectivity index (χ0v) is 13.7. The van der Waals surface area contributed by atoms with Crippen molar-refractivity contribution in [2.45, 2.75) is 46.1 Å². The van der Waals surface area contributed by atoms with E-state index in [1.165, 1.54) is 0 Å². The van der Waals surface area contributed by atoms with Gasteiger partial charge < -0.3 is 10.6 Å². The van der Waals surface area contributed by atoms with Crippen LogP contribution in [0.4, 0.5) is 11.6 Å². The van der Waals surface area contributed by atoms with Gasteiger partial charge in [0.05, 0.1) is 6.04 Å². The highest BCUT2D eigenvalue weighted by atomic mass is 32.1. The largest absolute Gasteiger partial charge is 0.370 e.